The summed E-state index contributed by atoms with van der Waals surface area (Å²) < 4.78 is 0. The van der Waals surface area contributed by atoms with Gasteiger partial charge in [-0.1, -0.05) is 47.0 Å². The van der Waals surface area contributed by atoms with Gasteiger partial charge in [0.2, 0.25) is 0 Å². The van der Waals surface area contributed by atoms with Crippen LogP contribution in [0.2, 0.25) is 0 Å². The fourth-order valence-electron chi connectivity index (χ4n) is 3.39. The lowest BCUT2D eigenvalue weighted by Crippen LogP contribution is -2.32. The molecule has 1 heteroatoms. The van der Waals surface area contributed by atoms with Crippen molar-refractivity contribution < 1.29 is 5.11 Å². The van der Waals surface area contributed by atoms with E-state index in [1.165, 1.54) is 38.5 Å². The molecule has 0 spiro atoms. The molecule has 0 aromatic carbocycles. The van der Waals surface area contributed by atoms with Gasteiger partial charge >= 0.3 is 0 Å². The quantitative estimate of drug-likeness (QED) is 0.759. The second-order valence-electron chi connectivity index (χ2n) is 7.43. The molecule has 2 unspecified atom stereocenters. The molecule has 0 aromatic rings. The summed E-state index contributed by atoms with van der Waals surface area (Å²) in [7, 11) is 0. The molecule has 1 N–H and O–H groups in total. The lowest BCUT2D eigenvalue weighted by Gasteiger charge is -2.38. The number of hydrogen-bond donors (Lipinski definition) is 1. The topological polar surface area (TPSA) is 20.2 Å². The zero-order chi connectivity index (χ0) is 13.1. The van der Waals surface area contributed by atoms with E-state index in [-0.39, 0.29) is 6.10 Å². The van der Waals surface area contributed by atoms with Crippen LogP contribution in [-0.2, 0) is 0 Å². The Hall–Kier alpha value is -0.0400. The molecule has 1 nitrogen and oxygen atoms in total. The van der Waals surface area contributed by atoms with Gasteiger partial charge in [-0.25, -0.2) is 0 Å². The Morgan fingerprint density at radius 1 is 1.18 bits per heavy atom. The lowest BCUT2D eigenvalue weighted by molar-refractivity contribution is 0.0374. The number of aliphatic hydroxyl groups is 1. The first-order valence-corrected chi connectivity index (χ1v) is 7.49. The summed E-state index contributed by atoms with van der Waals surface area (Å²) in [5, 5.41) is 10.1. The number of aliphatic hydroxyl groups excluding tert-OH is 1. The van der Waals surface area contributed by atoms with Crippen molar-refractivity contribution in [3.05, 3.63) is 0 Å². The van der Waals surface area contributed by atoms with Crippen LogP contribution in [0, 0.1) is 23.2 Å². The van der Waals surface area contributed by atoms with Crippen LogP contribution in [0.25, 0.3) is 0 Å². The Balaban J connectivity index is 2.58. The minimum absolute atomic E-state index is 0.136. The summed E-state index contributed by atoms with van der Waals surface area (Å²) in [6, 6.07) is 0. The highest BCUT2D eigenvalue weighted by Crippen LogP contribution is 2.39. The van der Waals surface area contributed by atoms with Gasteiger partial charge in [0.05, 0.1) is 6.10 Å². The van der Waals surface area contributed by atoms with E-state index in [0.29, 0.717) is 11.3 Å². The highest BCUT2D eigenvalue weighted by molar-refractivity contribution is 4.82. The van der Waals surface area contributed by atoms with Crippen LogP contribution in [0.5, 0.6) is 0 Å². The molecular weight excluding hydrogens is 208 g/mol. The van der Waals surface area contributed by atoms with Crippen molar-refractivity contribution in [2.75, 3.05) is 0 Å². The molecule has 1 aliphatic rings. The summed E-state index contributed by atoms with van der Waals surface area (Å²) in [6.07, 6.45) is 7.74. The summed E-state index contributed by atoms with van der Waals surface area (Å²) in [5.41, 5.74) is 0.394. The molecule has 0 aliphatic heterocycles. The smallest absolute Gasteiger partial charge is 0.0543 e. The Bertz CT molecular complexity index is 214. The van der Waals surface area contributed by atoms with E-state index in [9.17, 15) is 5.11 Å². The summed E-state index contributed by atoms with van der Waals surface area (Å²) in [4.78, 5) is 0. The second kappa shape index (κ2) is 6.22. The standard InChI is InChI=1S/C16H32O/c1-12-8-6-7-9-14(12)15(13(2)17)10-11-16(3,4)5/h12-15,17H,6-11H2,1-5H3/t12?,13-,14?,15+/m1/s1. The largest absolute Gasteiger partial charge is 0.393 e. The van der Waals surface area contributed by atoms with Crippen molar-refractivity contribution in [1.82, 2.24) is 0 Å². The average molecular weight is 240 g/mol. The summed E-state index contributed by atoms with van der Waals surface area (Å²) in [5.74, 6) is 2.08. The third kappa shape index (κ3) is 4.99. The van der Waals surface area contributed by atoms with Crippen LogP contribution in [0.4, 0.5) is 0 Å². The third-order valence-electron chi connectivity index (χ3n) is 4.58. The van der Waals surface area contributed by atoms with E-state index in [0.717, 1.165) is 11.8 Å². The fraction of sp³-hybridized carbons (Fsp3) is 1.00. The van der Waals surface area contributed by atoms with Crippen LogP contribution in [0.15, 0.2) is 0 Å². The van der Waals surface area contributed by atoms with Gasteiger partial charge < -0.3 is 5.11 Å². The SMILES string of the molecule is CC1CCCCC1[C@@H](CCC(C)(C)C)[C@@H](C)O. The first-order chi connectivity index (χ1) is 7.81. The zero-order valence-corrected chi connectivity index (χ0v) is 12.5. The maximum Gasteiger partial charge on any atom is 0.0543 e. The zero-order valence-electron chi connectivity index (χ0n) is 12.5. The Morgan fingerprint density at radius 2 is 1.76 bits per heavy atom. The van der Waals surface area contributed by atoms with Crippen LogP contribution < -0.4 is 0 Å². The maximum absolute atomic E-state index is 10.1. The molecule has 0 aromatic heterocycles. The molecule has 0 amide bonds. The van der Waals surface area contributed by atoms with Crippen molar-refractivity contribution in [3.63, 3.8) is 0 Å². The Labute approximate surface area is 108 Å². The van der Waals surface area contributed by atoms with Gasteiger partial charge in [0.1, 0.15) is 0 Å². The average Bonchev–Trinajstić information content (AvgIpc) is 2.18. The van der Waals surface area contributed by atoms with Crippen LogP contribution in [0.1, 0.15) is 73.1 Å². The van der Waals surface area contributed by atoms with Crippen molar-refractivity contribution in [2.45, 2.75) is 79.2 Å². The monoisotopic (exact) mass is 240 g/mol. The molecular formula is C16H32O. The van der Waals surface area contributed by atoms with Gasteiger partial charge in [0, 0.05) is 0 Å². The predicted octanol–water partition coefficient (Wildman–Crippen LogP) is 4.64. The Kier molecular flexibility index (Phi) is 5.50. The molecule has 102 valence electrons. The van der Waals surface area contributed by atoms with E-state index < -0.39 is 0 Å². The molecule has 1 aliphatic carbocycles. The number of rotatable bonds is 4. The minimum Gasteiger partial charge on any atom is -0.393 e. The van der Waals surface area contributed by atoms with Crippen molar-refractivity contribution in [3.8, 4) is 0 Å². The van der Waals surface area contributed by atoms with Gasteiger partial charge in [-0.3, -0.25) is 0 Å². The van der Waals surface area contributed by atoms with Crippen LogP contribution in [0.3, 0.4) is 0 Å². The molecule has 17 heavy (non-hydrogen) atoms. The van der Waals surface area contributed by atoms with Gasteiger partial charge in [0.25, 0.3) is 0 Å². The first-order valence-electron chi connectivity index (χ1n) is 7.49. The van der Waals surface area contributed by atoms with E-state index in [1.807, 2.05) is 6.92 Å². The minimum atomic E-state index is -0.136. The number of hydrogen-bond acceptors (Lipinski definition) is 1. The lowest BCUT2D eigenvalue weighted by atomic mass is 9.69. The van der Waals surface area contributed by atoms with Gasteiger partial charge in [-0.15, -0.1) is 0 Å². The maximum atomic E-state index is 10.1. The first kappa shape index (κ1) is 15.0. The van der Waals surface area contributed by atoms with Crippen molar-refractivity contribution in [1.29, 1.82) is 0 Å². The van der Waals surface area contributed by atoms with Crippen molar-refractivity contribution >= 4 is 0 Å². The van der Waals surface area contributed by atoms with Crippen molar-refractivity contribution in [2.24, 2.45) is 23.2 Å². The predicted molar refractivity (Wildman–Crippen MR) is 75.0 cm³/mol. The highest BCUT2D eigenvalue weighted by Gasteiger charge is 2.32. The fourth-order valence-corrected chi connectivity index (χ4v) is 3.39. The van der Waals surface area contributed by atoms with E-state index in [2.05, 4.69) is 27.7 Å². The summed E-state index contributed by atoms with van der Waals surface area (Å²) >= 11 is 0. The molecule has 0 saturated heterocycles. The third-order valence-corrected chi connectivity index (χ3v) is 4.58. The summed E-state index contributed by atoms with van der Waals surface area (Å²) in [6.45, 7) is 11.3. The molecule has 1 fully saturated rings. The molecule has 0 radical (unpaired) electrons. The van der Waals surface area contributed by atoms with Crippen LogP contribution in [-0.4, -0.2) is 11.2 Å². The molecule has 1 rings (SSSR count). The normalized spacial score (nSPS) is 30.0. The second-order valence-corrected chi connectivity index (χ2v) is 7.43. The molecule has 0 bridgehead atoms. The molecule has 4 atom stereocenters. The molecule has 1 saturated carbocycles. The Morgan fingerprint density at radius 3 is 2.24 bits per heavy atom. The molecule has 0 heterocycles. The van der Waals surface area contributed by atoms with Gasteiger partial charge in [0.15, 0.2) is 0 Å². The van der Waals surface area contributed by atoms with E-state index in [4.69, 9.17) is 0 Å². The van der Waals surface area contributed by atoms with Crippen LogP contribution >= 0.6 is 0 Å². The van der Waals surface area contributed by atoms with Gasteiger partial charge in [-0.05, 0) is 49.4 Å². The van der Waals surface area contributed by atoms with E-state index >= 15 is 0 Å². The highest BCUT2D eigenvalue weighted by atomic mass is 16.3. The van der Waals surface area contributed by atoms with Gasteiger partial charge in [-0.2, -0.15) is 0 Å². The van der Waals surface area contributed by atoms with E-state index in [1.54, 1.807) is 0 Å².